The van der Waals surface area contributed by atoms with Gasteiger partial charge in [-0.15, -0.1) is 0 Å². The lowest BCUT2D eigenvalue weighted by atomic mass is 10.1. The standard InChI is InChI=1S/C8H6F3NS2/c9-6-4-2-1-3-5(6)7(8(10)11)12-14-13/h1-4,8,13H/b12-7-. The summed E-state index contributed by atoms with van der Waals surface area (Å²) in [7, 11) is 0.577. The zero-order valence-electron chi connectivity index (χ0n) is 6.82. The van der Waals surface area contributed by atoms with Crippen molar-refractivity contribution in [3.8, 4) is 0 Å². The van der Waals surface area contributed by atoms with E-state index in [1.165, 1.54) is 18.2 Å². The minimum Gasteiger partial charge on any atom is -0.206 e. The fourth-order valence-electron chi connectivity index (χ4n) is 0.919. The Hall–Kier alpha value is -0.620. The molecule has 0 spiro atoms. The number of alkyl halides is 2. The van der Waals surface area contributed by atoms with E-state index in [0.717, 1.165) is 6.07 Å². The number of rotatable bonds is 3. The molecule has 0 saturated carbocycles. The van der Waals surface area contributed by atoms with E-state index in [4.69, 9.17) is 0 Å². The van der Waals surface area contributed by atoms with Gasteiger partial charge in [-0.2, -0.15) is 0 Å². The van der Waals surface area contributed by atoms with Crippen molar-refractivity contribution < 1.29 is 13.2 Å². The van der Waals surface area contributed by atoms with Crippen LogP contribution in [-0.4, -0.2) is 12.1 Å². The second-order valence-corrected chi connectivity index (χ2v) is 3.17. The van der Waals surface area contributed by atoms with E-state index < -0.39 is 18.0 Å². The lowest BCUT2D eigenvalue weighted by molar-refractivity contribution is 0.226. The first kappa shape index (κ1) is 11.5. The summed E-state index contributed by atoms with van der Waals surface area (Å²) in [5, 5.41) is 0. The van der Waals surface area contributed by atoms with Crippen LogP contribution in [0, 0.1) is 5.82 Å². The third kappa shape index (κ3) is 2.68. The Kier molecular flexibility index (Phi) is 4.34. The van der Waals surface area contributed by atoms with Crippen LogP contribution in [0.4, 0.5) is 13.2 Å². The second-order valence-electron chi connectivity index (χ2n) is 2.34. The molecule has 1 nitrogen and oxygen atoms in total. The number of hydrogen-bond acceptors (Lipinski definition) is 3. The highest BCUT2D eigenvalue weighted by molar-refractivity contribution is 8.68. The van der Waals surface area contributed by atoms with Gasteiger partial charge in [0.1, 0.15) is 11.5 Å². The lowest BCUT2D eigenvalue weighted by Gasteiger charge is -2.04. The summed E-state index contributed by atoms with van der Waals surface area (Å²) in [4.78, 5) is 0. The average molecular weight is 237 g/mol. The predicted octanol–water partition coefficient (Wildman–Crippen LogP) is 3.37. The predicted molar refractivity (Wildman–Crippen MR) is 55.5 cm³/mol. The molecule has 0 aliphatic heterocycles. The molecule has 0 amide bonds. The van der Waals surface area contributed by atoms with Gasteiger partial charge < -0.3 is 0 Å². The Balaban J connectivity index is 3.12. The van der Waals surface area contributed by atoms with Crippen molar-refractivity contribution in [3.05, 3.63) is 35.6 Å². The summed E-state index contributed by atoms with van der Waals surface area (Å²) in [6, 6.07) is 5.26. The maximum absolute atomic E-state index is 13.1. The Labute approximate surface area is 88.4 Å². The molecule has 0 aromatic heterocycles. The smallest absolute Gasteiger partial charge is 0.206 e. The molecule has 0 atom stereocenters. The maximum atomic E-state index is 13.1. The van der Waals surface area contributed by atoms with Crippen LogP contribution in [0.25, 0.3) is 0 Å². The molecule has 0 heterocycles. The molecule has 1 aromatic rings. The van der Waals surface area contributed by atoms with Crippen molar-refractivity contribution in [2.24, 2.45) is 4.40 Å². The zero-order valence-corrected chi connectivity index (χ0v) is 8.53. The van der Waals surface area contributed by atoms with Gasteiger partial charge in [0.25, 0.3) is 6.43 Å². The molecule has 14 heavy (non-hydrogen) atoms. The van der Waals surface area contributed by atoms with E-state index in [-0.39, 0.29) is 5.56 Å². The van der Waals surface area contributed by atoms with Crippen molar-refractivity contribution in [1.29, 1.82) is 0 Å². The minimum absolute atomic E-state index is 0.191. The molecule has 0 aliphatic rings. The van der Waals surface area contributed by atoms with Crippen LogP contribution >= 0.6 is 22.6 Å². The number of halogens is 3. The van der Waals surface area contributed by atoms with Crippen molar-refractivity contribution in [2.75, 3.05) is 0 Å². The van der Waals surface area contributed by atoms with Crippen LogP contribution in [0.3, 0.4) is 0 Å². The number of thiol groups is 1. The summed E-state index contributed by atoms with van der Waals surface area (Å²) >= 11 is 3.61. The molecule has 6 heteroatoms. The quantitative estimate of drug-likeness (QED) is 0.368. The van der Waals surface area contributed by atoms with E-state index in [9.17, 15) is 13.2 Å². The molecule has 0 N–H and O–H groups in total. The van der Waals surface area contributed by atoms with Gasteiger partial charge in [-0.05, 0) is 12.1 Å². The van der Waals surface area contributed by atoms with Gasteiger partial charge in [-0.25, -0.2) is 17.6 Å². The van der Waals surface area contributed by atoms with E-state index >= 15 is 0 Å². The van der Waals surface area contributed by atoms with Gasteiger partial charge in [0.05, 0.1) is 0 Å². The molecule has 1 aromatic carbocycles. The molecular weight excluding hydrogens is 231 g/mol. The Morgan fingerprint density at radius 3 is 2.50 bits per heavy atom. The van der Waals surface area contributed by atoms with Gasteiger partial charge in [-0.3, -0.25) is 0 Å². The average Bonchev–Trinajstić information content (AvgIpc) is 2.15. The molecule has 76 valence electrons. The summed E-state index contributed by atoms with van der Waals surface area (Å²) < 4.78 is 41.3. The number of benzene rings is 1. The fourth-order valence-corrected chi connectivity index (χ4v) is 1.45. The monoisotopic (exact) mass is 237 g/mol. The van der Waals surface area contributed by atoms with Crippen LogP contribution in [0.15, 0.2) is 28.7 Å². The topological polar surface area (TPSA) is 12.4 Å². The number of hydrogen-bond donors (Lipinski definition) is 1. The van der Waals surface area contributed by atoms with Gasteiger partial charge in [0.2, 0.25) is 0 Å². The normalized spacial score (nSPS) is 12.2. The minimum atomic E-state index is -2.81. The Morgan fingerprint density at radius 2 is 2.00 bits per heavy atom. The van der Waals surface area contributed by atoms with Crippen molar-refractivity contribution in [3.63, 3.8) is 0 Å². The summed E-state index contributed by atoms with van der Waals surface area (Å²) in [6.07, 6.45) is -2.81. The highest BCUT2D eigenvalue weighted by atomic mass is 33.1. The van der Waals surface area contributed by atoms with Crippen LogP contribution in [-0.2, 0) is 0 Å². The summed E-state index contributed by atoms with van der Waals surface area (Å²) in [5.74, 6) is -0.714. The Bertz CT molecular complexity index is 341. The molecule has 0 unspecified atom stereocenters. The first-order valence-corrected chi connectivity index (χ1v) is 5.41. The van der Waals surface area contributed by atoms with Gasteiger partial charge >= 0.3 is 0 Å². The van der Waals surface area contributed by atoms with Crippen LogP contribution < -0.4 is 0 Å². The van der Waals surface area contributed by atoms with Crippen LogP contribution in [0.5, 0.6) is 0 Å². The van der Waals surface area contributed by atoms with Crippen molar-refractivity contribution in [2.45, 2.75) is 6.43 Å². The first-order valence-electron chi connectivity index (χ1n) is 3.58. The SMILES string of the molecule is Fc1ccccc1/C(=N/SS)C(F)F. The summed E-state index contributed by atoms with van der Waals surface area (Å²) in [5.41, 5.74) is -0.785. The highest BCUT2D eigenvalue weighted by Gasteiger charge is 2.18. The van der Waals surface area contributed by atoms with E-state index in [2.05, 4.69) is 16.1 Å². The van der Waals surface area contributed by atoms with Gasteiger partial charge in [0.15, 0.2) is 0 Å². The third-order valence-corrected chi connectivity index (χ3v) is 2.02. The first-order chi connectivity index (χ1) is 6.66. The molecular formula is C8H6F3NS2. The van der Waals surface area contributed by atoms with Crippen molar-refractivity contribution in [1.82, 2.24) is 0 Å². The highest BCUT2D eigenvalue weighted by Crippen LogP contribution is 2.17. The molecule has 0 aliphatic carbocycles. The third-order valence-electron chi connectivity index (χ3n) is 1.50. The lowest BCUT2D eigenvalue weighted by Crippen LogP contribution is -2.13. The van der Waals surface area contributed by atoms with Crippen LogP contribution in [0.2, 0.25) is 0 Å². The van der Waals surface area contributed by atoms with Crippen molar-refractivity contribution >= 4 is 28.4 Å². The Morgan fingerprint density at radius 1 is 1.36 bits per heavy atom. The molecule has 0 bridgehead atoms. The largest absolute Gasteiger partial charge is 0.281 e. The van der Waals surface area contributed by atoms with E-state index in [1.54, 1.807) is 0 Å². The maximum Gasteiger partial charge on any atom is 0.281 e. The molecule has 0 fully saturated rings. The number of nitrogens with zero attached hydrogens (tertiary/aromatic N) is 1. The fraction of sp³-hybridized carbons (Fsp3) is 0.125. The van der Waals surface area contributed by atoms with Crippen LogP contribution in [0.1, 0.15) is 5.56 Å². The molecule has 1 rings (SSSR count). The van der Waals surface area contributed by atoms with E-state index in [0.29, 0.717) is 11.0 Å². The molecule has 0 saturated heterocycles. The van der Waals surface area contributed by atoms with Gasteiger partial charge in [0, 0.05) is 16.5 Å². The second kappa shape index (κ2) is 5.31. The molecule has 0 radical (unpaired) electrons. The zero-order chi connectivity index (χ0) is 10.6. The summed E-state index contributed by atoms with van der Waals surface area (Å²) in [6.45, 7) is 0. The van der Waals surface area contributed by atoms with Gasteiger partial charge in [-0.1, -0.05) is 23.8 Å². The van der Waals surface area contributed by atoms with E-state index in [1.807, 2.05) is 0 Å².